The number of alkyl halides is 3. The molecule has 1 aromatic heterocycles. The molecule has 3 rings (SSSR count). The molecule has 1 saturated heterocycles. The molecule has 0 amide bonds. The van der Waals surface area contributed by atoms with Gasteiger partial charge in [-0.25, -0.2) is 4.98 Å². The molecule has 28 heavy (non-hydrogen) atoms. The zero-order chi connectivity index (χ0) is 20.1. The Labute approximate surface area is 173 Å². The maximum atomic E-state index is 12.6. The van der Waals surface area contributed by atoms with Crippen LogP contribution in [0.4, 0.5) is 13.2 Å². The minimum atomic E-state index is -4.08. The Kier molecular flexibility index (Phi) is 7.31. The summed E-state index contributed by atoms with van der Waals surface area (Å²) in [6.07, 6.45) is 3.85. The van der Waals surface area contributed by atoms with Crippen LogP contribution >= 0.6 is 23.1 Å². The Bertz CT molecular complexity index is 723. The lowest BCUT2D eigenvalue weighted by Gasteiger charge is -2.25. The molecular weight excluding hydrogens is 401 g/mol. The van der Waals surface area contributed by atoms with Crippen molar-refractivity contribution in [2.24, 2.45) is 5.92 Å². The van der Waals surface area contributed by atoms with Crippen molar-refractivity contribution >= 4 is 28.7 Å². The second-order valence-corrected chi connectivity index (χ2v) is 9.76. The molecule has 1 fully saturated rings. The summed E-state index contributed by atoms with van der Waals surface area (Å²) >= 11 is 3.37. The van der Waals surface area contributed by atoms with E-state index in [4.69, 9.17) is 0 Å². The number of halogens is 3. The Morgan fingerprint density at radius 1 is 1.29 bits per heavy atom. The number of nitrogens with zero attached hydrogens (tertiary/aromatic N) is 2. The second-order valence-electron chi connectivity index (χ2n) is 7.56. The lowest BCUT2D eigenvalue weighted by Crippen LogP contribution is -2.28. The molecule has 0 spiro atoms. The second kappa shape index (κ2) is 9.53. The van der Waals surface area contributed by atoms with Crippen molar-refractivity contribution < 1.29 is 13.2 Å². The number of allylic oxidation sites excluding steroid dienone is 3. The predicted molar refractivity (Wildman–Crippen MR) is 113 cm³/mol. The van der Waals surface area contributed by atoms with E-state index in [1.807, 2.05) is 5.38 Å². The number of hydrogen-bond acceptors (Lipinski definition) is 4. The number of thiazole rings is 1. The van der Waals surface area contributed by atoms with Gasteiger partial charge in [0.2, 0.25) is 0 Å². The SMILES string of the molecule is C=C1CC(CCCC(F)(F)F)C/C=C/C2CCC(=C)N2CCSc2nc1cs2. The normalized spacial score (nSPS) is 25.5. The summed E-state index contributed by atoms with van der Waals surface area (Å²) in [6, 6.07) is 0.349. The molecule has 154 valence electrons. The van der Waals surface area contributed by atoms with E-state index in [1.54, 1.807) is 23.1 Å². The highest BCUT2D eigenvalue weighted by atomic mass is 32.2. The van der Waals surface area contributed by atoms with E-state index in [-0.39, 0.29) is 12.3 Å². The van der Waals surface area contributed by atoms with Crippen molar-refractivity contribution in [3.8, 4) is 0 Å². The Balaban J connectivity index is 1.72. The largest absolute Gasteiger partial charge is 0.389 e. The molecule has 2 aliphatic rings. The molecule has 2 atom stereocenters. The first-order chi connectivity index (χ1) is 13.3. The predicted octanol–water partition coefficient (Wildman–Crippen LogP) is 6.93. The quantitative estimate of drug-likeness (QED) is 0.486. The highest BCUT2D eigenvalue weighted by Crippen LogP contribution is 2.34. The Hall–Kier alpha value is -1.21. The van der Waals surface area contributed by atoms with Gasteiger partial charge in [0.1, 0.15) is 0 Å². The summed E-state index contributed by atoms with van der Waals surface area (Å²) in [6.45, 7) is 9.30. The van der Waals surface area contributed by atoms with Gasteiger partial charge in [-0.2, -0.15) is 13.2 Å². The van der Waals surface area contributed by atoms with Crippen molar-refractivity contribution in [3.05, 3.63) is 42.1 Å². The summed E-state index contributed by atoms with van der Waals surface area (Å²) in [5.74, 6) is 1.12. The summed E-state index contributed by atoms with van der Waals surface area (Å²) < 4.78 is 38.7. The average molecular weight is 429 g/mol. The van der Waals surface area contributed by atoms with Gasteiger partial charge < -0.3 is 4.90 Å². The fourth-order valence-electron chi connectivity index (χ4n) is 3.87. The van der Waals surface area contributed by atoms with Gasteiger partial charge in [-0.15, -0.1) is 11.3 Å². The number of aromatic nitrogens is 1. The Morgan fingerprint density at radius 3 is 2.89 bits per heavy atom. The van der Waals surface area contributed by atoms with Gasteiger partial charge in [-0.1, -0.05) is 37.1 Å². The monoisotopic (exact) mass is 428 g/mol. The zero-order valence-corrected chi connectivity index (χ0v) is 17.6. The van der Waals surface area contributed by atoms with Crippen molar-refractivity contribution in [3.63, 3.8) is 0 Å². The van der Waals surface area contributed by atoms with Crippen LogP contribution in [-0.2, 0) is 0 Å². The summed E-state index contributed by atoms with van der Waals surface area (Å²) in [4.78, 5) is 7.04. The molecule has 3 heterocycles. The first kappa shape index (κ1) is 21.5. The van der Waals surface area contributed by atoms with Gasteiger partial charge in [0.25, 0.3) is 0 Å². The van der Waals surface area contributed by atoms with Crippen LogP contribution in [0, 0.1) is 5.92 Å². The molecule has 2 nitrogen and oxygen atoms in total. The minimum absolute atomic E-state index is 0.157. The lowest BCUT2D eigenvalue weighted by atomic mass is 9.90. The van der Waals surface area contributed by atoms with Gasteiger partial charge in [-0.3, -0.25) is 0 Å². The van der Waals surface area contributed by atoms with E-state index in [0.717, 1.165) is 47.2 Å². The first-order valence-corrected chi connectivity index (χ1v) is 11.6. The van der Waals surface area contributed by atoms with Crippen molar-refractivity contribution in [1.82, 2.24) is 9.88 Å². The van der Waals surface area contributed by atoms with Gasteiger partial charge in [0, 0.05) is 35.8 Å². The van der Waals surface area contributed by atoms with Crippen LogP contribution in [0.5, 0.6) is 0 Å². The fraction of sp³-hybridized carbons (Fsp3) is 0.571. The lowest BCUT2D eigenvalue weighted by molar-refractivity contribution is -0.136. The molecule has 2 bridgehead atoms. The first-order valence-electron chi connectivity index (χ1n) is 9.76. The van der Waals surface area contributed by atoms with Crippen molar-refractivity contribution in [1.29, 1.82) is 0 Å². The molecule has 2 aliphatic heterocycles. The minimum Gasteiger partial charge on any atom is -0.368 e. The number of thioether (sulfide) groups is 1. The highest BCUT2D eigenvalue weighted by Gasteiger charge is 2.27. The van der Waals surface area contributed by atoms with Gasteiger partial charge in [0.15, 0.2) is 4.34 Å². The molecule has 0 radical (unpaired) electrons. The summed E-state index contributed by atoms with van der Waals surface area (Å²) in [7, 11) is 0. The maximum Gasteiger partial charge on any atom is 0.389 e. The fourth-order valence-corrected chi connectivity index (χ4v) is 5.74. The smallest absolute Gasteiger partial charge is 0.368 e. The highest BCUT2D eigenvalue weighted by molar-refractivity contribution is 8.01. The van der Waals surface area contributed by atoms with Crippen LogP contribution < -0.4 is 0 Å². The van der Waals surface area contributed by atoms with E-state index in [2.05, 4.69) is 35.2 Å². The molecular formula is C21H27F3N2S2. The van der Waals surface area contributed by atoms with E-state index in [0.29, 0.717) is 18.9 Å². The topological polar surface area (TPSA) is 16.1 Å². The maximum absolute atomic E-state index is 12.6. The average Bonchev–Trinajstić information content (AvgIpc) is 3.21. The van der Waals surface area contributed by atoms with E-state index < -0.39 is 12.6 Å². The molecule has 0 N–H and O–H groups in total. The number of hydrogen-bond donors (Lipinski definition) is 0. The van der Waals surface area contributed by atoms with Crippen LogP contribution in [-0.4, -0.2) is 34.4 Å². The summed E-state index contributed by atoms with van der Waals surface area (Å²) in [5.41, 5.74) is 3.00. The zero-order valence-electron chi connectivity index (χ0n) is 16.0. The van der Waals surface area contributed by atoms with Crippen molar-refractivity contribution in [2.75, 3.05) is 12.3 Å². The molecule has 7 heteroatoms. The van der Waals surface area contributed by atoms with E-state index in [1.165, 1.54) is 5.70 Å². The van der Waals surface area contributed by atoms with E-state index in [9.17, 15) is 13.2 Å². The van der Waals surface area contributed by atoms with Crippen LogP contribution in [0.25, 0.3) is 5.57 Å². The molecule has 1 aromatic rings. The third kappa shape index (κ3) is 6.14. The van der Waals surface area contributed by atoms with Crippen LogP contribution in [0.1, 0.15) is 50.6 Å². The molecule has 0 aliphatic carbocycles. The van der Waals surface area contributed by atoms with Crippen LogP contribution in [0.2, 0.25) is 0 Å². The van der Waals surface area contributed by atoms with Gasteiger partial charge in [-0.05, 0) is 50.0 Å². The molecule has 2 unspecified atom stereocenters. The molecule has 0 saturated carbocycles. The van der Waals surface area contributed by atoms with E-state index >= 15 is 0 Å². The van der Waals surface area contributed by atoms with Gasteiger partial charge in [0.05, 0.1) is 5.69 Å². The Morgan fingerprint density at radius 2 is 2.11 bits per heavy atom. The van der Waals surface area contributed by atoms with Crippen molar-refractivity contribution in [2.45, 2.75) is 61.5 Å². The standard InChI is InChI=1S/C21H27F3N2S2/c1-15-13-17(6-4-10-21(22,23)24)5-3-7-18-9-8-16(2)26(18)11-12-27-20-25-19(15)14-28-20/h3,7,14,17-18H,1-2,4-6,8-13H2/b7-3+. The summed E-state index contributed by atoms with van der Waals surface area (Å²) in [5, 5.41) is 2.02. The number of rotatable bonds is 3. The third-order valence-corrected chi connectivity index (χ3v) is 7.37. The van der Waals surface area contributed by atoms with Crippen LogP contribution in [0.15, 0.2) is 40.7 Å². The molecule has 0 aromatic carbocycles. The van der Waals surface area contributed by atoms with Gasteiger partial charge >= 0.3 is 6.18 Å². The van der Waals surface area contributed by atoms with Crippen LogP contribution in [0.3, 0.4) is 0 Å². The number of fused-ring (bicyclic) bond motifs is 3. The third-order valence-electron chi connectivity index (χ3n) is 5.37.